The number of esters is 1. The molecule has 1 aromatic rings. The van der Waals surface area contributed by atoms with Crippen LogP contribution in [0, 0.1) is 0 Å². The molecule has 0 aliphatic rings. The molecule has 1 heterocycles. The fourth-order valence-electron chi connectivity index (χ4n) is 1.17. The van der Waals surface area contributed by atoms with Crippen LogP contribution in [0.25, 0.3) is 0 Å². The Labute approximate surface area is 95.6 Å². The smallest absolute Gasteiger partial charge is 0.433 e. The van der Waals surface area contributed by atoms with E-state index in [1.165, 1.54) is 0 Å². The first-order chi connectivity index (χ1) is 7.84. The molecule has 0 radical (unpaired) electrons. The van der Waals surface area contributed by atoms with Crippen LogP contribution in [0.5, 0.6) is 0 Å². The molecular weight excluding hydrogens is 237 g/mol. The molecule has 1 aromatic heterocycles. The van der Waals surface area contributed by atoms with E-state index in [4.69, 9.17) is 5.73 Å². The highest BCUT2D eigenvalue weighted by Gasteiger charge is 2.32. The number of nitrogen functional groups attached to an aromatic ring is 1. The van der Waals surface area contributed by atoms with E-state index in [2.05, 4.69) is 9.72 Å². The standard InChI is InChI=1S/C10H11F3N2O2/c1-2-17-9(16)3-6-5-15-8(4-7(6)14)10(11,12)13/h4-5H,2-3H2,1H3,(H2,14,15). The van der Waals surface area contributed by atoms with Crippen LogP contribution in [0.2, 0.25) is 0 Å². The van der Waals surface area contributed by atoms with Crippen molar-refractivity contribution in [2.24, 2.45) is 0 Å². The molecule has 7 heteroatoms. The predicted octanol–water partition coefficient (Wildman–Crippen LogP) is 1.79. The lowest BCUT2D eigenvalue weighted by atomic mass is 10.1. The van der Waals surface area contributed by atoms with Crippen LogP contribution in [0.3, 0.4) is 0 Å². The number of carbonyl (C=O) groups excluding carboxylic acids is 1. The Kier molecular flexibility index (Phi) is 3.93. The maximum atomic E-state index is 12.3. The second-order valence-electron chi connectivity index (χ2n) is 3.25. The van der Waals surface area contributed by atoms with Gasteiger partial charge in [-0.3, -0.25) is 9.78 Å². The zero-order valence-corrected chi connectivity index (χ0v) is 9.04. The molecule has 0 aliphatic heterocycles. The zero-order chi connectivity index (χ0) is 13.1. The number of hydrogen-bond acceptors (Lipinski definition) is 4. The minimum absolute atomic E-state index is 0.125. The number of anilines is 1. The summed E-state index contributed by atoms with van der Waals surface area (Å²) in [5, 5.41) is 0. The van der Waals surface area contributed by atoms with Crippen molar-refractivity contribution in [3.63, 3.8) is 0 Å². The molecule has 0 unspecified atom stereocenters. The Balaban J connectivity index is 2.87. The predicted molar refractivity (Wildman–Crippen MR) is 54.0 cm³/mol. The van der Waals surface area contributed by atoms with Crippen LogP contribution in [-0.2, 0) is 22.1 Å². The summed E-state index contributed by atoms with van der Waals surface area (Å²) < 4.78 is 41.5. The Morgan fingerprint density at radius 2 is 2.18 bits per heavy atom. The molecule has 0 saturated carbocycles. The van der Waals surface area contributed by atoms with E-state index in [0.29, 0.717) is 6.07 Å². The van der Waals surface area contributed by atoms with E-state index < -0.39 is 17.8 Å². The highest BCUT2D eigenvalue weighted by Crippen LogP contribution is 2.29. The van der Waals surface area contributed by atoms with Gasteiger partial charge < -0.3 is 10.5 Å². The van der Waals surface area contributed by atoms with E-state index >= 15 is 0 Å². The maximum Gasteiger partial charge on any atom is 0.433 e. The van der Waals surface area contributed by atoms with Crippen LogP contribution in [0.4, 0.5) is 18.9 Å². The molecule has 0 aliphatic carbocycles. The van der Waals surface area contributed by atoms with Crippen LogP contribution in [0.1, 0.15) is 18.2 Å². The fraction of sp³-hybridized carbons (Fsp3) is 0.400. The van der Waals surface area contributed by atoms with Crippen molar-refractivity contribution in [2.45, 2.75) is 19.5 Å². The highest BCUT2D eigenvalue weighted by molar-refractivity contribution is 5.74. The number of pyridine rings is 1. The van der Waals surface area contributed by atoms with E-state index in [1.807, 2.05) is 0 Å². The van der Waals surface area contributed by atoms with Gasteiger partial charge in [0.15, 0.2) is 0 Å². The van der Waals surface area contributed by atoms with E-state index in [0.717, 1.165) is 6.20 Å². The maximum absolute atomic E-state index is 12.3. The topological polar surface area (TPSA) is 65.2 Å². The molecule has 0 bridgehead atoms. The molecule has 0 atom stereocenters. The number of ether oxygens (including phenoxy) is 1. The van der Waals surface area contributed by atoms with Gasteiger partial charge in [-0.2, -0.15) is 13.2 Å². The van der Waals surface area contributed by atoms with Crippen LogP contribution in [-0.4, -0.2) is 17.6 Å². The lowest BCUT2D eigenvalue weighted by Crippen LogP contribution is -2.13. The van der Waals surface area contributed by atoms with Crippen molar-refractivity contribution in [1.29, 1.82) is 0 Å². The molecule has 2 N–H and O–H groups in total. The van der Waals surface area contributed by atoms with Gasteiger partial charge in [-0.15, -0.1) is 0 Å². The Hall–Kier alpha value is -1.79. The third-order valence-electron chi connectivity index (χ3n) is 1.95. The molecule has 94 valence electrons. The van der Waals surface area contributed by atoms with Crippen molar-refractivity contribution >= 4 is 11.7 Å². The number of nitrogens with two attached hydrogens (primary N) is 1. The number of aromatic nitrogens is 1. The first kappa shape index (κ1) is 13.3. The molecule has 4 nitrogen and oxygen atoms in total. The molecule has 0 saturated heterocycles. The molecule has 1 rings (SSSR count). The van der Waals surface area contributed by atoms with Gasteiger partial charge >= 0.3 is 12.1 Å². The van der Waals surface area contributed by atoms with Gasteiger partial charge in [-0.25, -0.2) is 0 Å². The fourth-order valence-corrected chi connectivity index (χ4v) is 1.17. The van der Waals surface area contributed by atoms with Gasteiger partial charge in [0.1, 0.15) is 5.69 Å². The average molecular weight is 248 g/mol. The number of halogens is 3. The summed E-state index contributed by atoms with van der Waals surface area (Å²) in [6, 6.07) is 0.703. The number of rotatable bonds is 3. The quantitative estimate of drug-likeness (QED) is 0.828. The van der Waals surface area contributed by atoms with Crippen molar-refractivity contribution in [1.82, 2.24) is 4.98 Å². The van der Waals surface area contributed by atoms with Crippen molar-refractivity contribution in [3.8, 4) is 0 Å². The van der Waals surface area contributed by atoms with Crippen molar-refractivity contribution in [3.05, 3.63) is 23.5 Å². The van der Waals surface area contributed by atoms with E-state index in [-0.39, 0.29) is 24.3 Å². The number of hydrogen-bond donors (Lipinski definition) is 1. The van der Waals surface area contributed by atoms with Gasteiger partial charge in [0.2, 0.25) is 0 Å². The van der Waals surface area contributed by atoms with Crippen molar-refractivity contribution < 1.29 is 22.7 Å². The number of nitrogens with zero attached hydrogens (tertiary/aromatic N) is 1. The minimum Gasteiger partial charge on any atom is -0.466 e. The van der Waals surface area contributed by atoms with Gasteiger partial charge in [-0.1, -0.05) is 0 Å². The summed E-state index contributed by atoms with van der Waals surface area (Å²) in [6.45, 7) is 1.83. The van der Waals surface area contributed by atoms with E-state index in [9.17, 15) is 18.0 Å². The SMILES string of the molecule is CCOC(=O)Cc1cnc(C(F)(F)F)cc1N. The van der Waals surface area contributed by atoms with Gasteiger partial charge in [0.25, 0.3) is 0 Å². The molecule has 0 spiro atoms. The largest absolute Gasteiger partial charge is 0.466 e. The second kappa shape index (κ2) is 5.03. The monoisotopic (exact) mass is 248 g/mol. The molecule has 0 aromatic carbocycles. The minimum atomic E-state index is -4.55. The van der Waals surface area contributed by atoms with Gasteiger partial charge in [0, 0.05) is 17.4 Å². The lowest BCUT2D eigenvalue weighted by molar-refractivity contribution is -0.142. The highest BCUT2D eigenvalue weighted by atomic mass is 19.4. The third-order valence-corrected chi connectivity index (χ3v) is 1.95. The summed E-state index contributed by atoms with van der Waals surface area (Å²) in [5.74, 6) is -0.555. The zero-order valence-electron chi connectivity index (χ0n) is 9.04. The van der Waals surface area contributed by atoms with E-state index in [1.54, 1.807) is 6.92 Å². The number of alkyl halides is 3. The normalized spacial score (nSPS) is 11.3. The summed E-state index contributed by atoms with van der Waals surface area (Å²) in [5.41, 5.74) is 4.43. The van der Waals surface area contributed by atoms with Crippen LogP contribution in [0.15, 0.2) is 12.3 Å². The Morgan fingerprint density at radius 3 is 2.65 bits per heavy atom. The molecule has 0 fully saturated rings. The third kappa shape index (κ3) is 3.61. The number of carbonyl (C=O) groups is 1. The summed E-state index contributed by atoms with van der Waals surface area (Å²) in [6.07, 6.45) is -3.80. The van der Waals surface area contributed by atoms with Gasteiger partial charge in [0.05, 0.1) is 13.0 Å². The first-order valence-electron chi connectivity index (χ1n) is 4.81. The van der Waals surface area contributed by atoms with Gasteiger partial charge in [-0.05, 0) is 13.0 Å². The summed E-state index contributed by atoms with van der Waals surface area (Å²) in [7, 11) is 0. The Morgan fingerprint density at radius 1 is 1.53 bits per heavy atom. The second-order valence-corrected chi connectivity index (χ2v) is 3.25. The first-order valence-corrected chi connectivity index (χ1v) is 4.81. The molecule has 0 amide bonds. The Bertz CT molecular complexity index is 419. The summed E-state index contributed by atoms with van der Waals surface area (Å²) in [4.78, 5) is 14.3. The molecule has 17 heavy (non-hydrogen) atoms. The average Bonchev–Trinajstić information content (AvgIpc) is 2.20. The van der Waals surface area contributed by atoms with Crippen molar-refractivity contribution in [2.75, 3.05) is 12.3 Å². The van der Waals surface area contributed by atoms with Crippen LogP contribution < -0.4 is 5.73 Å². The molecular formula is C10H11F3N2O2. The summed E-state index contributed by atoms with van der Waals surface area (Å²) >= 11 is 0. The van der Waals surface area contributed by atoms with Crippen LogP contribution >= 0.6 is 0 Å². The lowest BCUT2D eigenvalue weighted by Gasteiger charge is -2.09.